The van der Waals surface area contributed by atoms with E-state index in [-0.39, 0.29) is 0 Å². The van der Waals surface area contributed by atoms with E-state index < -0.39 is 0 Å². The average molecular weight is 159 g/mol. The molecule has 0 aromatic rings. The molecule has 0 spiro atoms. The first kappa shape index (κ1) is 9.05. The van der Waals surface area contributed by atoms with Crippen molar-refractivity contribution in [2.45, 2.75) is 25.7 Å². The van der Waals surface area contributed by atoms with Crippen LogP contribution in [-0.2, 0) is 0 Å². The van der Waals surface area contributed by atoms with Crippen molar-refractivity contribution in [1.82, 2.24) is 0 Å². The summed E-state index contributed by atoms with van der Waals surface area (Å²) in [5.41, 5.74) is 0. The van der Waals surface area contributed by atoms with Gasteiger partial charge in [-0.05, 0) is 31.8 Å². The molecule has 0 aliphatic heterocycles. The van der Waals surface area contributed by atoms with E-state index in [1.807, 2.05) is 18.2 Å². The summed E-state index contributed by atoms with van der Waals surface area (Å²) in [6.07, 6.45) is 22.5. The van der Waals surface area contributed by atoms with Crippen molar-refractivity contribution in [3.63, 3.8) is 0 Å². The quantitative estimate of drug-likeness (QED) is 0.474. The van der Waals surface area contributed by atoms with Crippen molar-refractivity contribution in [1.29, 1.82) is 0 Å². The highest BCUT2D eigenvalue weighted by molar-refractivity contribution is 5.10. The minimum absolute atomic E-state index is 1.05. The first-order valence-electron chi connectivity index (χ1n) is 4.53. The van der Waals surface area contributed by atoms with Crippen molar-refractivity contribution in [2.75, 3.05) is 0 Å². The van der Waals surface area contributed by atoms with Gasteiger partial charge in [0, 0.05) is 0 Å². The highest BCUT2D eigenvalue weighted by atomic mass is 13.9. The van der Waals surface area contributed by atoms with Crippen LogP contribution in [0, 0.1) is 6.08 Å². The summed E-state index contributed by atoms with van der Waals surface area (Å²) < 4.78 is 0. The Hall–Kier alpha value is -1.04. The number of hydrogen-bond acceptors (Lipinski definition) is 0. The second-order valence-corrected chi connectivity index (χ2v) is 2.78. The van der Waals surface area contributed by atoms with Gasteiger partial charge in [0.1, 0.15) is 0 Å². The Morgan fingerprint density at radius 2 is 1.92 bits per heavy atom. The van der Waals surface area contributed by atoms with Crippen LogP contribution in [0.3, 0.4) is 0 Å². The fourth-order valence-electron chi connectivity index (χ4n) is 1.04. The molecule has 0 N–H and O–H groups in total. The average Bonchev–Trinajstić information content (AvgIpc) is 2.05. The summed E-state index contributed by atoms with van der Waals surface area (Å²) in [6, 6.07) is 0. The molecular weight excluding hydrogens is 144 g/mol. The van der Waals surface area contributed by atoms with Gasteiger partial charge in [-0.3, -0.25) is 0 Å². The predicted molar refractivity (Wildman–Crippen MR) is 53.7 cm³/mol. The molecule has 0 unspecified atom stereocenters. The lowest BCUT2D eigenvalue weighted by atomic mass is 10.2. The fraction of sp³-hybridized carbons (Fsp3) is 0.333. The molecule has 0 aromatic carbocycles. The molecule has 0 aromatic heterocycles. The topological polar surface area (TPSA) is 0 Å². The predicted octanol–water partition coefficient (Wildman–Crippen LogP) is 3.59. The van der Waals surface area contributed by atoms with Crippen LogP contribution in [-0.4, -0.2) is 0 Å². The molecule has 0 fully saturated rings. The first-order chi connectivity index (χ1) is 6.00. The Morgan fingerprint density at radius 1 is 0.917 bits per heavy atom. The van der Waals surface area contributed by atoms with Gasteiger partial charge in [0.05, 0.1) is 0 Å². The zero-order valence-corrected chi connectivity index (χ0v) is 7.37. The van der Waals surface area contributed by atoms with Crippen LogP contribution in [0.25, 0.3) is 0 Å². The van der Waals surface area contributed by atoms with Gasteiger partial charge in [0.25, 0.3) is 0 Å². The minimum Gasteiger partial charge on any atom is -0.0882 e. The molecule has 0 nitrogen and oxygen atoms in total. The SMILES string of the molecule is [C]1=C/C=C\C=C\C/C=C\CCC/1. The molecule has 12 heavy (non-hydrogen) atoms. The van der Waals surface area contributed by atoms with Gasteiger partial charge in [0.2, 0.25) is 0 Å². The molecule has 0 bridgehead atoms. The van der Waals surface area contributed by atoms with Crippen LogP contribution >= 0.6 is 0 Å². The van der Waals surface area contributed by atoms with E-state index in [4.69, 9.17) is 0 Å². The van der Waals surface area contributed by atoms with E-state index in [1.165, 1.54) is 12.8 Å². The van der Waals surface area contributed by atoms with E-state index in [2.05, 4.69) is 30.4 Å². The van der Waals surface area contributed by atoms with E-state index in [9.17, 15) is 0 Å². The normalized spacial score (nSPS) is 29.3. The van der Waals surface area contributed by atoms with Crippen LogP contribution in [0.5, 0.6) is 0 Å². The molecule has 1 rings (SSSR count). The smallest absolute Gasteiger partial charge is 0.0166 e. The zero-order chi connectivity index (χ0) is 8.49. The van der Waals surface area contributed by atoms with Gasteiger partial charge >= 0.3 is 0 Å². The fourth-order valence-corrected chi connectivity index (χ4v) is 1.04. The van der Waals surface area contributed by atoms with E-state index >= 15 is 0 Å². The second-order valence-electron chi connectivity index (χ2n) is 2.78. The Labute approximate surface area is 75.0 Å². The van der Waals surface area contributed by atoms with E-state index in [0.29, 0.717) is 0 Å². The van der Waals surface area contributed by atoms with Crippen molar-refractivity contribution in [3.8, 4) is 0 Å². The number of allylic oxidation sites excluding steroid dienone is 8. The third kappa shape index (κ3) is 4.73. The maximum atomic E-state index is 3.22. The van der Waals surface area contributed by atoms with Gasteiger partial charge in [-0.2, -0.15) is 0 Å². The van der Waals surface area contributed by atoms with Crippen LogP contribution < -0.4 is 0 Å². The molecule has 0 heteroatoms. The summed E-state index contributed by atoms with van der Waals surface area (Å²) in [4.78, 5) is 0. The van der Waals surface area contributed by atoms with Crippen LogP contribution in [0.15, 0.2) is 42.5 Å². The van der Waals surface area contributed by atoms with Crippen LogP contribution in [0.2, 0.25) is 0 Å². The van der Waals surface area contributed by atoms with Crippen molar-refractivity contribution < 1.29 is 0 Å². The Bertz CT molecular complexity index is 204. The number of hydrogen-bond donors (Lipinski definition) is 0. The summed E-state index contributed by atoms with van der Waals surface area (Å²) in [7, 11) is 0. The molecule has 0 heterocycles. The molecular formula is C12H15. The molecule has 0 amide bonds. The number of rotatable bonds is 0. The minimum atomic E-state index is 1.05. The van der Waals surface area contributed by atoms with E-state index in [1.54, 1.807) is 0 Å². The zero-order valence-electron chi connectivity index (χ0n) is 7.37. The van der Waals surface area contributed by atoms with Crippen molar-refractivity contribution in [3.05, 3.63) is 48.6 Å². The van der Waals surface area contributed by atoms with Crippen LogP contribution in [0.4, 0.5) is 0 Å². The third-order valence-corrected chi connectivity index (χ3v) is 1.70. The maximum Gasteiger partial charge on any atom is -0.0166 e. The molecule has 63 valence electrons. The van der Waals surface area contributed by atoms with Gasteiger partial charge < -0.3 is 0 Å². The summed E-state index contributed by atoms with van der Waals surface area (Å²) in [6.45, 7) is 0. The molecule has 1 aliphatic carbocycles. The lowest BCUT2D eigenvalue weighted by Gasteiger charge is -1.89. The second kappa shape index (κ2) is 6.66. The van der Waals surface area contributed by atoms with Gasteiger partial charge in [-0.1, -0.05) is 42.5 Å². The highest BCUT2D eigenvalue weighted by Gasteiger charge is 1.80. The summed E-state index contributed by atoms with van der Waals surface area (Å²) in [5, 5.41) is 0. The van der Waals surface area contributed by atoms with E-state index in [0.717, 1.165) is 12.8 Å². The van der Waals surface area contributed by atoms with Gasteiger partial charge in [-0.15, -0.1) is 0 Å². The Balaban J connectivity index is 2.42. The molecule has 0 saturated heterocycles. The monoisotopic (exact) mass is 159 g/mol. The molecule has 1 radical (unpaired) electrons. The third-order valence-electron chi connectivity index (χ3n) is 1.70. The lowest BCUT2D eigenvalue weighted by Crippen LogP contribution is -1.70. The summed E-state index contributed by atoms with van der Waals surface area (Å²) in [5.74, 6) is 0. The Morgan fingerprint density at radius 3 is 2.92 bits per heavy atom. The van der Waals surface area contributed by atoms with Gasteiger partial charge in [0.15, 0.2) is 0 Å². The lowest BCUT2D eigenvalue weighted by molar-refractivity contribution is 0.852. The van der Waals surface area contributed by atoms with Gasteiger partial charge in [-0.25, -0.2) is 0 Å². The largest absolute Gasteiger partial charge is 0.0882 e. The molecule has 0 saturated carbocycles. The highest BCUT2D eigenvalue weighted by Crippen LogP contribution is 1.99. The molecule has 0 atom stereocenters. The van der Waals surface area contributed by atoms with Crippen LogP contribution in [0.1, 0.15) is 25.7 Å². The first-order valence-corrected chi connectivity index (χ1v) is 4.53. The standard InChI is InChI=1S/C12H15/c1-2-4-6-8-10-12-11-9-7-5-3-1/h1-5,8,10H,6,9,11-12H2/b3-1-,4-2+,7-5?,10-8-. The van der Waals surface area contributed by atoms with Crippen molar-refractivity contribution >= 4 is 0 Å². The maximum absolute atomic E-state index is 3.22. The summed E-state index contributed by atoms with van der Waals surface area (Å²) >= 11 is 0. The molecule has 1 aliphatic rings. The van der Waals surface area contributed by atoms with Crippen molar-refractivity contribution in [2.24, 2.45) is 0 Å². The Kier molecular flexibility index (Phi) is 5.02.